The normalized spacial score (nSPS) is 12.0. The first-order valence-corrected chi connectivity index (χ1v) is 6.99. The van der Waals surface area contributed by atoms with Gasteiger partial charge in [-0.15, -0.1) is 11.3 Å². The molecule has 0 aromatic carbocycles. The summed E-state index contributed by atoms with van der Waals surface area (Å²) in [5, 5.41) is 6.40. The summed E-state index contributed by atoms with van der Waals surface area (Å²) in [5.74, 6) is 1.63. The van der Waals surface area contributed by atoms with Crippen LogP contribution in [0.3, 0.4) is 0 Å². The van der Waals surface area contributed by atoms with Crippen LogP contribution in [0.1, 0.15) is 33.5 Å². The number of fused-ring (bicyclic) bond motifs is 1. The van der Waals surface area contributed by atoms with E-state index in [4.69, 9.17) is 4.74 Å². The number of anilines is 1. The van der Waals surface area contributed by atoms with E-state index in [1.54, 1.807) is 11.3 Å². The summed E-state index contributed by atoms with van der Waals surface area (Å²) in [5.41, 5.74) is -0.174. The van der Waals surface area contributed by atoms with Gasteiger partial charge in [0.25, 0.3) is 0 Å². The Balaban J connectivity index is 2.28. The van der Waals surface area contributed by atoms with Crippen LogP contribution in [0.2, 0.25) is 0 Å². The Morgan fingerprint density at radius 2 is 2.11 bits per heavy atom. The lowest BCUT2D eigenvalue weighted by Gasteiger charge is -2.19. The molecule has 98 valence electrons. The SMILES string of the molecule is CCNc1nc(COC(C)(C)C)nc2sccc12. The van der Waals surface area contributed by atoms with Crippen molar-refractivity contribution < 1.29 is 4.74 Å². The van der Waals surface area contributed by atoms with Crippen molar-refractivity contribution in [1.29, 1.82) is 0 Å². The molecule has 0 saturated carbocycles. The van der Waals surface area contributed by atoms with Gasteiger partial charge < -0.3 is 10.1 Å². The third-order valence-electron chi connectivity index (χ3n) is 2.35. The fourth-order valence-electron chi connectivity index (χ4n) is 1.55. The minimum Gasteiger partial charge on any atom is -0.370 e. The molecular formula is C13H19N3OS. The fourth-order valence-corrected chi connectivity index (χ4v) is 2.33. The zero-order chi connectivity index (χ0) is 13.2. The topological polar surface area (TPSA) is 47.0 Å². The molecule has 0 radical (unpaired) electrons. The van der Waals surface area contributed by atoms with Gasteiger partial charge in [-0.2, -0.15) is 0 Å². The molecule has 2 aromatic rings. The molecule has 18 heavy (non-hydrogen) atoms. The molecule has 2 aromatic heterocycles. The van der Waals surface area contributed by atoms with Crippen molar-refractivity contribution >= 4 is 27.4 Å². The zero-order valence-electron chi connectivity index (χ0n) is 11.3. The number of thiophene rings is 1. The van der Waals surface area contributed by atoms with E-state index < -0.39 is 0 Å². The standard InChI is InChI=1S/C13H19N3OS/c1-5-14-11-9-6-7-18-12(9)16-10(15-11)8-17-13(2,3)4/h6-7H,5,8H2,1-4H3,(H,14,15,16). The predicted octanol–water partition coefficient (Wildman–Crippen LogP) is 3.44. The second-order valence-corrected chi connectivity index (χ2v) is 5.95. The number of nitrogens with one attached hydrogen (secondary N) is 1. The molecule has 0 fully saturated rings. The zero-order valence-corrected chi connectivity index (χ0v) is 12.1. The summed E-state index contributed by atoms with van der Waals surface area (Å²) >= 11 is 1.63. The van der Waals surface area contributed by atoms with Gasteiger partial charge in [-0.3, -0.25) is 0 Å². The third kappa shape index (κ3) is 3.17. The van der Waals surface area contributed by atoms with Crippen LogP contribution in [0, 0.1) is 0 Å². The number of hydrogen-bond donors (Lipinski definition) is 1. The van der Waals surface area contributed by atoms with E-state index >= 15 is 0 Å². The maximum absolute atomic E-state index is 5.73. The molecule has 0 aliphatic rings. The molecular weight excluding hydrogens is 246 g/mol. The van der Waals surface area contributed by atoms with E-state index in [1.165, 1.54) is 0 Å². The molecule has 2 heterocycles. The fraction of sp³-hybridized carbons (Fsp3) is 0.538. The van der Waals surface area contributed by atoms with E-state index in [0.717, 1.165) is 28.4 Å². The van der Waals surface area contributed by atoms with E-state index in [1.807, 2.05) is 32.2 Å². The second-order valence-electron chi connectivity index (χ2n) is 5.06. The van der Waals surface area contributed by atoms with Gasteiger partial charge in [-0.05, 0) is 39.1 Å². The largest absolute Gasteiger partial charge is 0.370 e. The molecule has 5 heteroatoms. The number of rotatable bonds is 4. The highest BCUT2D eigenvalue weighted by atomic mass is 32.1. The van der Waals surface area contributed by atoms with E-state index in [-0.39, 0.29) is 5.60 Å². The number of nitrogens with zero attached hydrogens (tertiary/aromatic N) is 2. The molecule has 0 amide bonds. The monoisotopic (exact) mass is 265 g/mol. The molecule has 0 atom stereocenters. The Kier molecular flexibility index (Phi) is 3.82. The quantitative estimate of drug-likeness (QED) is 0.920. The van der Waals surface area contributed by atoms with Crippen molar-refractivity contribution in [3.8, 4) is 0 Å². The maximum atomic E-state index is 5.73. The first-order chi connectivity index (χ1) is 8.49. The molecule has 1 N–H and O–H groups in total. The van der Waals surface area contributed by atoms with Gasteiger partial charge in [-0.1, -0.05) is 0 Å². The highest BCUT2D eigenvalue weighted by Crippen LogP contribution is 2.25. The smallest absolute Gasteiger partial charge is 0.158 e. The Morgan fingerprint density at radius 3 is 2.78 bits per heavy atom. The minimum absolute atomic E-state index is 0.174. The van der Waals surface area contributed by atoms with E-state index in [0.29, 0.717) is 6.61 Å². The summed E-state index contributed by atoms with van der Waals surface area (Å²) in [7, 11) is 0. The summed E-state index contributed by atoms with van der Waals surface area (Å²) in [6, 6.07) is 2.05. The van der Waals surface area contributed by atoms with Gasteiger partial charge >= 0.3 is 0 Å². The van der Waals surface area contributed by atoms with E-state index in [9.17, 15) is 0 Å². The molecule has 4 nitrogen and oxygen atoms in total. The molecule has 0 saturated heterocycles. The minimum atomic E-state index is -0.174. The first-order valence-electron chi connectivity index (χ1n) is 6.11. The molecule has 0 unspecified atom stereocenters. The lowest BCUT2D eigenvalue weighted by molar-refractivity contribution is -0.0179. The van der Waals surface area contributed by atoms with Gasteiger partial charge in [0.2, 0.25) is 0 Å². The summed E-state index contributed by atoms with van der Waals surface area (Å²) in [6.07, 6.45) is 0. The molecule has 0 bridgehead atoms. The maximum Gasteiger partial charge on any atom is 0.158 e. The van der Waals surface area contributed by atoms with Gasteiger partial charge in [-0.25, -0.2) is 9.97 Å². The summed E-state index contributed by atoms with van der Waals surface area (Å²) in [6.45, 7) is 9.44. The van der Waals surface area contributed by atoms with Crippen LogP contribution < -0.4 is 5.32 Å². The Morgan fingerprint density at radius 1 is 1.33 bits per heavy atom. The predicted molar refractivity (Wildman–Crippen MR) is 76.1 cm³/mol. The molecule has 0 aliphatic heterocycles. The highest BCUT2D eigenvalue weighted by molar-refractivity contribution is 7.16. The molecule has 0 spiro atoms. The van der Waals surface area contributed by atoms with Gasteiger partial charge in [0.15, 0.2) is 5.82 Å². The van der Waals surface area contributed by atoms with Crippen LogP contribution >= 0.6 is 11.3 Å². The van der Waals surface area contributed by atoms with Gasteiger partial charge in [0.05, 0.1) is 11.0 Å². The van der Waals surface area contributed by atoms with Gasteiger partial charge in [0.1, 0.15) is 17.3 Å². The average Bonchev–Trinajstić information content (AvgIpc) is 2.74. The Labute approximate surface area is 111 Å². The van der Waals surface area contributed by atoms with Gasteiger partial charge in [0, 0.05) is 6.54 Å². The number of ether oxygens (including phenoxy) is 1. The van der Waals surface area contributed by atoms with Crippen LogP contribution in [0.25, 0.3) is 10.2 Å². The first kappa shape index (κ1) is 13.2. The number of aromatic nitrogens is 2. The molecule has 2 rings (SSSR count). The summed E-state index contributed by atoms with van der Waals surface area (Å²) in [4.78, 5) is 10.1. The van der Waals surface area contributed by atoms with Crippen LogP contribution in [0.4, 0.5) is 5.82 Å². The average molecular weight is 265 g/mol. The van der Waals surface area contributed by atoms with Crippen molar-refractivity contribution in [3.63, 3.8) is 0 Å². The van der Waals surface area contributed by atoms with Crippen molar-refractivity contribution in [2.45, 2.75) is 39.9 Å². The van der Waals surface area contributed by atoms with Crippen LogP contribution in [0.15, 0.2) is 11.4 Å². The molecule has 0 aliphatic carbocycles. The second kappa shape index (κ2) is 5.20. The number of hydrogen-bond acceptors (Lipinski definition) is 5. The van der Waals surface area contributed by atoms with E-state index in [2.05, 4.69) is 22.2 Å². The van der Waals surface area contributed by atoms with Crippen LogP contribution in [-0.2, 0) is 11.3 Å². The van der Waals surface area contributed by atoms with Crippen LogP contribution in [0.5, 0.6) is 0 Å². The lowest BCUT2D eigenvalue weighted by atomic mass is 10.2. The summed E-state index contributed by atoms with van der Waals surface area (Å²) < 4.78 is 5.73. The van der Waals surface area contributed by atoms with Crippen molar-refractivity contribution in [1.82, 2.24) is 9.97 Å². The van der Waals surface area contributed by atoms with Crippen LogP contribution in [-0.4, -0.2) is 22.1 Å². The lowest BCUT2D eigenvalue weighted by Crippen LogP contribution is -2.19. The third-order valence-corrected chi connectivity index (χ3v) is 3.16. The Hall–Kier alpha value is -1.20. The van der Waals surface area contributed by atoms with Crippen molar-refractivity contribution in [2.75, 3.05) is 11.9 Å². The highest BCUT2D eigenvalue weighted by Gasteiger charge is 2.13. The van der Waals surface area contributed by atoms with Crippen molar-refractivity contribution in [3.05, 3.63) is 17.3 Å². The Bertz CT molecular complexity index is 531. The van der Waals surface area contributed by atoms with Crippen molar-refractivity contribution in [2.24, 2.45) is 0 Å².